The molecule has 2 heterocycles. The average molecular weight is 276 g/mol. The van der Waals surface area contributed by atoms with Gasteiger partial charge in [0.05, 0.1) is 28.6 Å². The molecule has 6 heteroatoms. The van der Waals surface area contributed by atoms with Crippen LogP contribution >= 0.6 is 0 Å². The van der Waals surface area contributed by atoms with Crippen LogP contribution in [0.2, 0.25) is 0 Å². The maximum absolute atomic E-state index is 6.17. The molecule has 0 atom stereocenters. The van der Waals surface area contributed by atoms with Crippen LogP contribution in [0.3, 0.4) is 0 Å². The molecule has 0 unspecified atom stereocenters. The third kappa shape index (κ3) is 2.27. The van der Waals surface area contributed by atoms with Crippen LogP contribution in [0.5, 0.6) is 5.75 Å². The predicted octanol–water partition coefficient (Wildman–Crippen LogP) is 1.50. The molecular formula is C14H21BN2O3. The van der Waals surface area contributed by atoms with Crippen molar-refractivity contribution in [1.29, 1.82) is 0 Å². The molecule has 0 spiro atoms. The van der Waals surface area contributed by atoms with Crippen molar-refractivity contribution in [2.24, 2.45) is 0 Å². The zero-order valence-electron chi connectivity index (χ0n) is 12.5. The summed E-state index contributed by atoms with van der Waals surface area (Å²) in [5, 5.41) is 0. The lowest BCUT2D eigenvalue weighted by molar-refractivity contribution is 0.00578. The van der Waals surface area contributed by atoms with Gasteiger partial charge in [0.2, 0.25) is 0 Å². The van der Waals surface area contributed by atoms with E-state index in [1.54, 1.807) is 12.3 Å². The fourth-order valence-corrected chi connectivity index (χ4v) is 2.08. The van der Waals surface area contributed by atoms with Crippen LogP contribution in [0, 0.1) is 0 Å². The summed E-state index contributed by atoms with van der Waals surface area (Å²) in [5.74, 6) is 0.673. The highest BCUT2D eigenvalue weighted by Gasteiger charge is 2.53. The fourth-order valence-electron chi connectivity index (χ4n) is 2.08. The number of hydrogen-bond acceptors (Lipinski definition) is 5. The van der Waals surface area contributed by atoms with Crippen molar-refractivity contribution in [2.75, 3.05) is 5.73 Å². The Morgan fingerprint density at radius 2 is 1.85 bits per heavy atom. The molecule has 2 aliphatic rings. The average Bonchev–Trinajstić information content (AvgIpc) is 3.10. The van der Waals surface area contributed by atoms with Gasteiger partial charge >= 0.3 is 7.12 Å². The summed E-state index contributed by atoms with van der Waals surface area (Å²) in [6.45, 7) is 8.03. The highest BCUT2D eigenvalue weighted by molar-refractivity contribution is 6.63. The minimum absolute atomic E-state index is 0.297. The lowest BCUT2D eigenvalue weighted by Gasteiger charge is -2.32. The molecule has 1 aromatic heterocycles. The molecular weight excluding hydrogens is 255 g/mol. The second kappa shape index (κ2) is 4.36. The van der Waals surface area contributed by atoms with E-state index in [2.05, 4.69) is 4.98 Å². The first kappa shape index (κ1) is 13.7. The summed E-state index contributed by atoms with van der Waals surface area (Å²) in [7, 11) is -0.553. The molecule has 108 valence electrons. The zero-order chi connectivity index (χ0) is 14.5. The predicted molar refractivity (Wildman–Crippen MR) is 78.0 cm³/mol. The number of pyridine rings is 1. The van der Waals surface area contributed by atoms with Gasteiger partial charge in [0, 0.05) is 12.3 Å². The van der Waals surface area contributed by atoms with Crippen LogP contribution in [-0.4, -0.2) is 29.4 Å². The van der Waals surface area contributed by atoms with Crippen LogP contribution in [-0.2, 0) is 9.31 Å². The number of nitrogens with zero attached hydrogens (tertiary/aromatic N) is 1. The van der Waals surface area contributed by atoms with Gasteiger partial charge in [-0.2, -0.15) is 0 Å². The highest BCUT2D eigenvalue weighted by atomic mass is 16.7. The van der Waals surface area contributed by atoms with Gasteiger partial charge in [-0.1, -0.05) is 0 Å². The maximum Gasteiger partial charge on any atom is 0.516 e. The largest absolute Gasteiger partial charge is 0.516 e. The van der Waals surface area contributed by atoms with Crippen LogP contribution in [0.15, 0.2) is 12.3 Å². The van der Waals surface area contributed by atoms with Crippen molar-refractivity contribution in [3.8, 4) is 5.75 Å². The Morgan fingerprint density at radius 1 is 1.25 bits per heavy atom. The van der Waals surface area contributed by atoms with Crippen LogP contribution < -0.4 is 16.1 Å². The summed E-state index contributed by atoms with van der Waals surface area (Å²) in [4.78, 5) is 4.32. The lowest BCUT2D eigenvalue weighted by atomic mass is 9.83. The highest BCUT2D eigenvalue weighted by Crippen LogP contribution is 2.37. The van der Waals surface area contributed by atoms with E-state index in [-0.39, 0.29) is 0 Å². The molecule has 1 saturated carbocycles. The number of ether oxygens (including phenoxy) is 1. The summed E-state index contributed by atoms with van der Waals surface area (Å²) >= 11 is 0. The van der Waals surface area contributed by atoms with Gasteiger partial charge in [-0.25, -0.2) is 0 Å². The first-order chi connectivity index (χ1) is 9.30. The van der Waals surface area contributed by atoms with E-state index in [4.69, 9.17) is 19.8 Å². The topological polar surface area (TPSA) is 66.6 Å². The van der Waals surface area contributed by atoms with Crippen molar-refractivity contribution in [1.82, 2.24) is 4.98 Å². The summed E-state index contributed by atoms with van der Waals surface area (Å²) in [6.07, 6.45) is 4.17. The number of rotatable bonds is 3. The van der Waals surface area contributed by atoms with Gasteiger partial charge in [0.1, 0.15) is 5.75 Å². The molecule has 1 aliphatic heterocycles. The molecule has 0 aromatic carbocycles. The van der Waals surface area contributed by atoms with Crippen LogP contribution in [0.4, 0.5) is 5.69 Å². The lowest BCUT2D eigenvalue weighted by Crippen LogP contribution is -2.41. The number of hydrogen-bond donors (Lipinski definition) is 1. The molecule has 0 bridgehead atoms. The molecule has 5 nitrogen and oxygen atoms in total. The van der Waals surface area contributed by atoms with Gasteiger partial charge in [-0.3, -0.25) is 4.98 Å². The summed E-state index contributed by atoms with van der Waals surface area (Å²) < 4.78 is 17.8. The molecule has 3 rings (SSSR count). The first-order valence-electron chi connectivity index (χ1n) is 7.07. The molecule has 0 amide bonds. The molecule has 1 aromatic rings. The molecule has 1 aliphatic carbocycles. The maximum atomic E-state index is 6.17. The van der Waals surface area contributed by atoms with E-state index < -0.39 is 18.3 Å². The molecule has 2 N–H and O–H groups in total. The van der Waals surface area contributed by atoms with Gasteiger partial charge < -0.3 is 19.8 Å². The van der Waals surface area contributed by atoms with Gasteiger partial charge in [-0.05, 0) is 40.5 Å². The van der Waals surface area contributed by atoms with Crippen molar-refractivity contribution in [2.45, 2.75) is 57.8 Å². The van der Waals surface area contributed by atoms with Crippen LogP contribution in [0.1, 0.15) is 40.5 Å². The normalized spacial score (nSPS) is 23.9. The van der Waals surface area contributed by atoms with E-state index >= 15 is 0 Å². The summed E-state index contributed by atoms with van der Waals surface area (Å²) in [5.41, 5.74) is 6.47. The van der Waals surface area contributed by atoms with Crippen molar-refractivity contribution >= 4 is 18.4 Å². The Hall–Kier alpha value is -1.27. The van der Waals surface area contributed by atoms with E-state index in [1.807, 2.05) is 27.7 Å². The minimum Gasteiger partial charge on any atom is -0.488 e. The third-order valence-corrected chi connectivity index (χ3v) is 4.28. The van der Waals surface area contributed by atoms with E-state index in [9.17, 15) is 0 Å². The Labute approximate surface area is 119 Å². The second-order valence-electron chi connectivity index (χ2n) is 6.51. The smallest absolute Gasteiger partial charge is 0.488 e. The van der Waals surface area contributed by atoms with E-state index in [0.717, 1.165) is 12.8 Å². The quantitative estimate of drug-likeness (QED) is 0.847. The summed E-state index contributed by atoms with van der Waals surface area (Å²) in [6, 6.07) is 1.79. The molecule has 1 saturated heterocycles. The van der Waals surface area contributed by atoms with Crippen molar-refractivity contribution in [3.63, 3.8) is 0 Å². The Balaban J connectivity index is 1.87. The first-order valence-corrected chi connectivity index (χ1v) is 7.07. The van der Waals surface area contributed by atoms with Gasteiger partial charge in [0.15, 0.2) is 0 Å². The minimum atomic E-state index is -0.553. The standard InChI is InChI=1S/C14H21BN2O3/c1-13(2)14(3,4)20-15(19-13)12-11(16)10(7-8-17-12)18-9-5-6-9/h7-9H,5-6,16H2,1-4H3. The molecule has 0 radical (unpaired) electrons. The third-order valence-electron chi connectivity index (χ3n) is 4.28. The SMILES string of the molecule is CC1(C)OB(c2nccc(OC3CC3)c2N)OC1(C)C. The van der Waals surface area contributed by atoms with Gasteiger partial charge in [-0.15, -0.1) is 0 Å². The molecule has 2 fully saturated rings. The van der Waals surface area contributed by atoms with Gasteiger partial charge in [0.25, 0.3) is 0 Å². The Morgan fingerprint density at radius 3 is 2.40 bits per heavy atom. The Bertz CT molecular complexity index is 513. The monoisotopic (exact) mass is 276 g/mol. The zero-order valence-corrected chi connectivity index (χ0v) is 12.5. The van der Waals surface area contributed by atoms with Crippen molar-refractivity contribution in [3.05, 3.63) is 12.3 Å². The van der Waals surface area contributed by atoms with Crippen molar-refractivity contribution < 1.29 is 14.0 Å². The van der Waals surface area contributed by atoms with E-state index in [1.165, 1.54) is 0 Å². The van der Waals surface area contributed by atoms with E-state index in [0.29, 0.717) is 23.1 Å². The molecule has 20 heavy (non-hydrogen) atoms. The number of anilines is 1. The second-order valence-corrected chi connectivity index (χ2v) is 6.51. The number of aromatic nitrogens is 1. The fraction of sp³-hybridized carbons (Fsp3) is 0.643. The number of nitrogen functional groups attached to an aromatic ring is 1. The number of nitrogens with two attached hydrogens (primary N) is 1. The Kier molecular flexibility index (Phi) is 2.99. The van der Waals surface area contributed by atoms with Crippen LogP contribution in [0.25, 0.3) is 0 Å².